The van der Waals surface area contributed by atoms with Crippen LogP contribution in [0, 0.1) is 11.8 Å². The number of hydrogen-bond acceptors (Lipinski definition) is 0. The minimum Gasteiger partial charge on any atom is -1.00 e. The molecular weight excluding hydrogens is 691 g/mol. The van der Waals surface area contributed by atoms with Crippen LogP contribution in [0.1, 0.15) is 95.7 Å². The molecule has 1 saturated carbocycles. The quantitative estimate of drug-likeness (QED) is 0.183. The van der Waals surface area contributed by atoms with E-state index in [1.807, 2.05) is 0 Å². The van der Waals surface area contributed by atoms with Crippen molar-refractivity contribution in [1.82, 2.24) is 0 Å². The van der Waals surface area contributed by atoms with Gasteiger partial charge >= 0.3 is 278 Å². The van der Waals surface area contributed by atoms with Gasteiger partial charge in [0.2, 0.25) is 0 Å². The molecule has 0 bridgehead atoms. The van der Waals surface area contributed by atoms with Crippen LogP contribution in [0.5, 0.6) is 0 Å². The summed E-state index contributed by atoms with van der Waals surface area (Å²) in [5, 5.41) is 0. The Morgan fingerprint density at radius 3 is 1.32 bits per heavy atom. The first-order valence-electron chi connectivity index (χ1n) is 17.8. The number of halogens is 2. The van der Waals surface area contributed by atoms with Crippen LogP contribution in [-0.2, 0) is 20.3 Å². The van der Waals surface area contributed by atoms with Crippen molar-refractivity contribution in [2.45, 2.75) is 80.7 Å². The van der Waals surface area contributed by atoms with Gasteiger partial charge in [0.1, 0.15) is 0 Å². The standard InChI is InChI=1S/2C19H19.C6H10.2ClH.Zr/c2*1-14(2)11-15-12-17-9-6-10-18(19(17)13-15)16-7-4-3-5-8-16;1-2-4-6-5-3-1;;;/h2*3-10,12-14H,11H2,1-2H3;1-2H,3-6H2;2*1H;/q;;;;;+2/p-2. The van der Waals surface area contributed by atoms with E-state index in [1.165, 1.54) is 60.8 Å². The van der Waals surface area contributed by atoms with Crippen LogP contribution in [0.3, 0.4) is 0 Å². The van der Waals surface area contributed by atoms with E-state index >= 15 is 0 Å². The Morgan fingerprint density at radius 2 is 0.936 bits per heavy atom. The molecule has 1 aliphatic heterocycles. The van der Waals surface area contributed by atoms with Gasteiger partial charge in [0, 0.05) is 0 Å². The largest absolute Gasteiger partial charge is 1.00 e. The van der Waals surface area contributed by atoms with Crippen molar-refractivity contribution in [2.75, 3.05) is 0 Å². The minimum atomic E-state index is -3.05. The van der Waals surface area contributed by atoms with Crippen LogP contribution < -0.4 is 24.8 Å². The van der Waals surface area contributed by atoms with Gasteiger partial charge in [-0.15, -0.1) is 0 Å². The molecule has 0 nitrogen and oxygen atoms in total. The summed E-state index contributed by atoms with van der Waals surface area (Å²) < 4.78 is 3.40. The predicted molar refractivity (Wildman–Crippen MR) is 190 cm³/mol. The topological polar surface area (TPSA) is 0 Å². The molecule has 0 radical (unpaired) electrons. The third-order valence-corrected chi connectivity index (χ3v) is 28.7. The number of hydrogen-bond donors (Lipinski definition) is 0. The van der Waals surface area contributed by atoms with E-state index in [1.54, 1.807) is 33.4 Å². The molecule has 0 spiro atoms. The third-order valence-electron chi connectivity index (χ3n) is 11.7. The summed E-state index contributed by atoms with van der Waals surface area (Å²) in [6, 6.07) is 37.1. The molecule has 4 aromatic rings. The van der Waals surface area contributed by atoms with E-state index in [2.05, 4.69) is 137 Å². The number of benzene rings is 4. The summed E-state index contributed by atoms with van der Waals surface area (Å²) in [6.45, 7) is 9.79. The van der Waals surface area contributed by atoms with Crippen LogP contribution in [0.25, 0.3) is 34.4 Å². The first-order valence-corrected chi connectivity index (χ1v) is 23.4. The monoisotopic (exact) mass is 736 g/mol. The van der Waals surface area contributed by atoms with E-state index in [0.717, 1.165) is 7.25 Å². The zero-order valence-corrected chi connectivity index (χ0v) is 32.3. The van der Waals surface area contributed by atoms with Crippen molar-refractivity contribution in [3.05, 3.63) is 130 Å². The molecule has 4 aromatic carbocycles. The Hall–Kier alpha value is -2.18. The second kappa shape index (κ2) is 14.0. The van der Waals surface area contributed by atoms with Crippen LogP contribution in [0.2, 0.25) is 7.25 Å². The maximum atomic E-state index is 2.72. The van der Waals surface area contributed by atoms with E-state index in [4.69, 9.17) is 0 Å². The molecule has 1 heterocycles. The molecule has 47 heavy (non-hydrogen) atoms. The zero-order valence-electron chi connectivity index (χ0n) is 28.4. The van der Waals surface area contributed by atoms with Gasteiger partial charge in [-0.05, 0) is 0 Å². The second-order valence-corrected chi connectivity index (χ2v) is 26.7. The van der Waals surface area contributed by atoms with Gasteiger partial charge in [0.05, 0.1) is 0 Å². The number of rotatable bonds is 8. The van der Waals surface area contributed by atoms with Gasteiger partial charge in [-0.2, -0.15) is 0 Å². The fraction of sp³-hybridized carbons (Fsp3) is 0.364. The Morgan fingerprint density at radius 1 is 0.532 bits per heavy atom. The van der Waals surface area contributed by atoms with Crippen molar-refractivity contribution in [1.29, 1.82) is 0 Å². The molecule has 3 heteroatoms. The first kappa shape index (κ1) is 34.7. The molecule has 4 atom stereocenters. The summed E-state index contributed by atoms with van der Waals surface area (Å²) in [7, 11) is 0. The molecule has 2 fully saturated rings. The summed E-state index contributed by atoms with van der Waals surface area (Å²) in [5.74, 6) is 1.34. The first-order chi connectivity index (χ1) is 22.0. The second-order valence-electron chi connectivity index (χ2n) is 15.3. The van der Waals surface area contributed by atoms with Crippen molar-refractivity contribution in [3.63, 3.8) is 0 Å². The molecule has 1 saturated heterocycles. The molecule has 8 rings (SSSR count). The average Bonchev–Trinajstić information content (AvgIpc) is 3.33. The fourth-order valence-corrected chi connectivity index (χ4v) is 33.4. The maximum Gasteiger partial charge on any atom is -1.00 e. The molecule has 0 N–H and O–H groups in total. The Kier molecular flexibility index (Phi) is 10.3. The molecule has 0 amide bonds. The molecular formula is C44H48Cl2Zr. The SMILES string of the molecule is CC(C)CC1=Cc2c(-c3ccccc3)cccc2[CH]1[Zr+2]1([CH]2C(CC(C)C)=Cc3c(-c4ccccc4)cccc32)[CH]2CCCC[CH]21.[Cl-].[Cl-]. The van der Waals surface area contributed by atoms with Gasteiger partial charge in [0.15, 0.2) is 0 Å². The van der Waals surface area contributed by atoms with Crippen molar-refractivity contribution < 1.29 is 45.1 Å². The molecule has 4 unspecified atom stereocenters. The van der Waals surface area contributed by atoms with E-state index in [-0.39, 0.29) is 24.8 Å². The summed E-state index contributed by atoms with van der Waals surface area (Å²) in [6.07, 6.45) is 13.8. The summed E-state index contributed by atoms with van der Waals surface area (Å²) in [5.41, 5.74) is 15.7. The Labute approximate surface area is 300 Å². The van der Waals surface area contributed by atoms with Crippen molar-refractivity contribution in [3.8, 4) is 22.3 Å². The molecule has 0 aromatic heterocycles. The van der Waals surface area contributed by atoms with Gasteiger partial charge in [-0.25, -0.2) is 0 Å². The summed E-state index contributed by atoms with van der Waals surface area (Å²) in [4.78, 5) is 0. The summed E-state index contributed by atoms with van der Waals surface area (Å²) >= 11 is -3.05. The minimum absolute atomic E-state index is 0. The van der Waals surface area contributed by atoms with Crippen LogP contribution in [0.15, 0.2) is 108 Å². The van der Waals surface area contributed by atoms with Crippen LogP contribution in [-0.4, -0.2) is 0 Å². The Balaban J connectivity index is 0.00000193. The van der Waals surface area contributed by atoms with E-state index in [0.29, 0.717) is 19.1 Å². The van der Waals surface area contributed by atoms with Crippen molar-refractivity contribution >= 4 is 12.2 Å². The van der Waals surface area contributed by atoms with Gasteiger partial charge in [-0.3, -0.25) is 0 Å². The van der Waals surface area contributed by atoms with Crippen LogP contribution in [0.4, 0.5) is 0 Å². The van der Waals surface area contributed by atoms with Gasteiger partial charge in [-0.1, -0.05) is 0 Å². The third kappa shape index (κ3) is 5.81. The van der Waals surface area contributed by atoms with Crippen molar-refractivity contribution in [2.24, 2.45) is 11.8 Å². The zero-order chi connectivity index (χ0) is 30.7. The van der Waals surface area contributed by atoms with Crippen LogP contribution >= 0.6 is 0 Å². The smallest absolute Gasteiger partial charge is 1.00 e. The number of fused-ring (bicyclic) bond motifs is 3. The van der Waals surface area contributed by atoms with E-state index < -0.39 is 20.3 Å². The number of allylic oxidation sites excluding steroid dienone is 2. The predicted octanol–water partition coefficient (Wildman–Crippen LogP) is 7.02. The molecule has 3 aliphatic carbocycles. The normalized spacial score (nSPS) is 23.9. The molecule has 242 valence electrons. The van der Waals surface area contributed by atoms with E-state index in [9.17, 15) is 0 Å². The Bertz CT molecular complexity index is 1650. The average molecular weight is 739 g/mol. The maximum absolute atomic E-state index is 3.05. The van der Waals surface area contributed by atoms with Gasteiger partial charge in [0.25, 0.3) is 0 Å². The fourth-order valence-electron chi connectivity index (χ4n) is 10.4. The van der Waals surface area contributed by atoms with Gasteiger partial charge < -0.3 is 24.8 Å². The molecule has 4 aliphatic rings.